The number of ether oxygens (including phenoxy) is 2. The lowest BCUT2D eigenvalue weighted by molar-refractivity contribution is -0.121. The Morgan fingerprint density at radius 1 is 0.761 bits per heavy atom. The second-order valence-corrected chi connectivity index (χ2v) is 10.2. The first-order valence-electron chi connectivity index (χ1n) is 13.0. The van der Waals surface area contributed by atoms with Gasteiger partial charge in [0.1, 0.15) is 10.8 Å². The molecule has 0 aliphatic rings. The lowest BCUT2D eigenvalue weighted by Crippen LogP contribution is -2.28. The number of carbonyl (C=O) groups excluding carboxylic acids is 5. The van der Waals surface area contributed by atoms with E-state index in [1.54, 1.807) is 51.5 Å². The van der Waals surface area contributed by atoms with Crippen LogP contribution < -0.4 is 26.0 Å². The van der Waals surface area contributed by atoms with E-state index in [1.165, 1.54) is 43.9 Å². The van der Waals surface area contributed by atoms with Crippen molar-refractivity contribution in [1.82, 2.24) is 15.5 Å². The second-order valence-electron chi connectivity index (χ2n) is 8.40. The molecular formula is C28H39N7O9S2. The summed E-state index contributed by atoms with van der Waals surface area (Å²) in [6.45, 7) is 3.69. The zero-order valence-corrected chi connectivity index (χ0v) is 28.6. The highest BCUT2D eigenvalue weighted by molar-refractivity contribution is 8.15. The Balaban J connectivity index is 0.000000727. The van der Waals surface area contributed by atoms with E-state index < -0.39 is 24.4 Å². The molecule has 0 saturated heterocycles. The molecule has 0 radical (unpaired) electrons. The number of nitrogens with one attached hydrogen (secondary N) is 4. The van der Waals surface area contributed by atoms with Crippen LogP contribution in [-0.4, -0.2) is 93.1 Å². The monoisotopic (exact) mass is 681 g/mol. The molecule has 2 aromatic carbocycles. The number of thioether (sulfide) groups is 2. The first kappa shape index (κ1) is 41.0. The number of amides is 5. The lowest BCUT2D eigenvalue weighted by Gasteiger charge is -2.09. The van der Waals surface area contributed by atoms with Gasteiger partial charge in [-0.3, -0.25) is 25.1 Å². The third kappa shape index (κ3) is 18.6. The quantitative estimate of drug-likeness (QED) is 0.144. The molecule has 0 aliphatic heterocycles. The fourth-order valence-corrected chi connectivity index (χ4v) is 3.03. The third-order valence-electron chi connectivity index (χ3n) is 4.70. The van der Waals surface area contributed by atoms with Gasteiger partial charge in [0.05, 0.1) is 7.11 Å². The van der Waals surface area contributed by atoms with E-state index in [2.05, 4.69) is 46.0 Å². The van der Waals surface area contributed by atoms with Crippen molar-refractivity contribution in [2.75, 3.05) is 58.4 Å². The molecular weight excluding hydrogens is 642 g/mol. The summed E-state index contributed by atoms with van der Waals surface area (Å²) in [5.74, 6) is 0.000425. The van der Waals surface area contributed by atoms with Crippen molar-refractivity contribution in [3.63, 3.8) is 0 Å². The Kier molecular flexibility index (Phi) is 20.9. The number of rotatable bonds is 5. The smallest absolute Gasteiger partial charge is 0.433 e. The number of hydrogen-bond acceptors (Lipinski definition) is 13. The zero-order chi connectivity index (χ0) is 35.1. The van der Waals surface area contributed by atoms with E-state index in [9.17, 15) is 24.0 Å². The molecule has 2 rings (SSSR count). The van der Waals surface area contributed by atoms with Crippen molar-refractivity contribution in [1.29, 1.82) is 0 Å². The van der Waals surface area contributed by atoms with Crippen LogP contribution in [0.4, 0.5) is 30.6 Å². The van der Waals surface area contributed by atoms with Gasteiger partial charge in [-0.1, -0.05) is 28.5 Å². The Morgan fingerprint density at radius 3 is 1.80 bits per heavy atom. The van der Waals surface area contributed by atoms with Crippen LogP contribution in [0.2, 0.25) is 0 Å². The van der Waals surface area contributed by atoms with Gasteiger partial charge in [-0.05, 0) is 56.2 Å². The number of anilines is 2. The maximum Gasteiger partial charge on any atom is 0.433 e. The molecule has 0 atom stereocenters. The predicted octanol–water partition coefficient (Wildman–Crippen LogP) is 4.93. The maximum absolute atomic E-state index is 11.8. The van der Waals surface area contributed by atoms with Crippen LogP contribution in [0.15, 0.2) is 58.8 Å². The van der Waals surface area contributed by atoms with Crippen LogP contribution >= 0.6 is 23.5 Å². The van der Waals surface area contributed by atoms with Gasteiger partial charge in [0.15, 0.2) is 0 Å². The molecule has 16 nitrogen and oxygen atoms in total. The molecule has 0 saturated carbocycles. The van der Waals surface area contributed by atoms with Crippen molar-refractivity contribution < 1.29 is 43.1 Å². The van der Waals surface area contributed by atoms with Crippen LogP contribution in [0, 0.1) is 6.92 Å². The van der Waals surface area contributed by atoms with E-state index in [4.69, 9.17) is 4.74 Å². The topological polar surface area (TPSA) is 198 Å². The van der Waals surface area contributed by atoms with Crippen molar-refractivity contribution >= 4 is 75.3 Å². The van der Waals surface area contributed by atoms with E-state index in [0.29, 0.717) is 22.2 Å². The fraction of sp³-hybridized carbons (Fsp3) is 0.321. The van der Waals surface area contributed by atoms with Crippen molar-refractivity contribution in [2.24, 2.45) is 10.3 Å². The number of hydrogen-bond donors (Lipinski definition) is 4. The van der Waals surface area contributed by atoms with Gasteiger partial charge in [0.25, 0.3) is 5.91 Å². The van der Waals surface area contributed by atoms with Crippen molar-refractivity contribution in [3.05, 3.63) is 54.1 Å². The molecule has 5 amide bonds. The zero-order valence-electron chi connectivity index (χ0n) is 27.0. The summed E-state index contributed by atoms with van der Waals surface area (Å²) in [5, 5.41) is 17.3. The molecule has 0 fully saturated rings. The summed E-state index contributed by atoms with van der Waals surface area (Å²) in [7, 11) is 7.34. The Morgan fingerprint density at radius 2 is 1.30 bits per heavy atom. The van der Waals surface area contributed by atoms with Crippen LogP contribution in [0.5, 0.6) is 5.75 Å². The number of nitrogens with zero attached hydrogens (tertiary/aromatic N) is 3. The van der Waals surface area contributed by atoms with Gasteiger partial charge in [0, 0.05) is 45.6 Å². The van der Waals surface area contributed by atoms with Gasteiger partial charge in [0.2, 0.25) is 5.04 Å². The summed E-state index contributed by atoms with van der Waals surface area (Å²) in [6, 6.07) is 13.8. The largest absolute Gasteiger partial charge is 0.453 e. The Bertz CT molecular complexity index is 1370. The van der Waals surface area contributed by atoms with Gasteiger partial charge < -0.3 is 25.0 Å². The standard InChI is InChI=1S/C16H16N2O4.C7H13N3O3S.C5H10N2O2S/c1-11-5-3-6-12(9-11)18-16(20)22-14-8-4-7-13(10-14)17-15(19)21-2;1-8-7(12)13-9-5(14-4)6(11)10(2)3;1-4(10-3)7-9-5(8)6-2/h3-10H,1-2H3,(H,17,19)(H,18,20);1-4H3,(H,8,12);1-3H3,(H,6,8)/b;;7-4+. The summed E-state index contributed by atoms with van der Waals surface area (Å²) in [6.07, 6.45) is 1.07. The minimum Gasteiger partial charge on any atom is -0.453 e. The van der Waals surface area contributed by atoms with Crippen LogP contribution in [0.25, 0.3) is 0 Å². The number of oxime groups is 2. The van der Waals surface area contributed by atoms with E-state index in [-0.39, 0.29) is 11.0 Å². The van der Waals surface area contributed by atoms with Crippen LogP contribution in [0.1, 0.15) is 12.5 Å². The predicted molar refractivity (Wildman–Crippen MR) is 181 cm³/mol. The van der Waals surface area contributed by atoms with Crippen LogP contribution in [0.3, 0.4) is 0 Å². The molecule has 2 aromatic rings. The van der Waals surface area contributed by atoms with E-state index in [0.717, 1.165) is 17.3 Å². The maximum atomic E-state index is 11.8. The molecule has 0 unspecified atom stereocenters. The van der Waals surface area contributed by atoms with Crippen LogP contribution in [-0.2, 0) is 19.2 Å². The normalized spacial score (nSPS) is 10.3. The molecule has 252 valence electrons. The van der Waals surface area contributed by atoms with Crippen molar-refractivity contribution in [3.8, 4) is 5.75 Å². The van der Waals surface area contributed by atoms with Gasteiger partial charge in [-0.2, -0.15) is 0 Å². The highest BCUT2D eigenvalue weighted by atomic mass is 32.2. The third-order valence-corrected chi connectivity index (χ3v) is 6.00. The number of methoxy groups -OCH3 is 1. The summed E-state index contributed by atoms with van der Waals surface area (Å²) >= 11 is 2.53. The SMILES string of the molecule is CNC(=O)O/N=C(\C)SC.CNC(=O)ON=C(SC)C(=O)N(C)C.COC(=O)Nc1cccc(OC(=O)Nc2cccc(C)c2)c1. The molecule has 46 heavy (non-hydrogen) atoms. The minimum atomic E-state index is -0.705. The first-order chi connectivity index (χ1) is 21.8. The number of aryl methyl sites for hydroxylation is 1. The fourth-order valence-electron chi connectivity index (χ4n) is 2.45. The summed E-state index contributed by atoms with van der Waals surface area (Å²) in [4.78, 5) is 65.4. The highest BCUT2D eigenvalue weighted by Gasteiger charge is 2.14. The Labute approximate surface area is 276 Å². The minimum absolute atomic E-state index is 0.124. The highest BCUT2D eigenvalue weighted by Crippen LogP contribution is 2.18. The lowest BCUT2D eigenvalue weighted by atomic mass is 10.2. The molecule has 0 heterocycles. The number of benzene rings is 2. The average molecular weight is 682 g/mol. The summed E-state index contributed by atoms with van der Waals surface area (Å²) in [5.41, 5.74) is 2.14. The molecule has 18 heteroatoms. The van der Waals surface area contributed by atoms with E-state index >= 15 is 0 Å². The van der Waals surface area contributed by atoms with Gasteiger partial charge in [-0.25, -0.2) is 19.2 Å². The van der Waals surface area contributed by atoms with E-state index in [1.807, 2.05) is 31.4 Å². The van der Waals surface area contributed by atoms with Gasteiger partial charge in [-0.15, -0.1) is 23.5 Å². The molecule has 0 aromatic heterocycles. The molecule has 0 aliphatic carbocycles. The van der Waals surface area contributed by atoms with Crippen molar-refractivity contribution in [2.45, 2.75) is 13.8 Å². The first-order valence-corrected chi connectivity index (χ1v) is 15.4. The van der Waals surface area contributed by atoms with Gasteiger partial charge >= 0.3 is 24.4 Å². The Hall–Kier alpha value is -4.97. The molecule has 0 bridgehead atoms. The second kappa shape index (κ2) is 23.4. The number of carbonyl (C=O) groups is 5. The summed E-state index contributed by atoms with van der Waals surface area (Å²) < 4.78 is 9.67. The molecule has 0 spiro atoms. The average Bonchev–Trinajstić information content (AvgIpc) is 3.03. The molecule has 4 N–H and O–H groups in total.